The Bertz CT molecular complexity index is 1110. The number of anilines is 3. The lowest BCUT2D eigenvalue weighted by atomic mass is 10.1. The van der Waals surface area contributed by atoms with Crippen molar-refractivity contribution >= 4 is 23.4 Å². The smallest absolute Gasteiger partial charge is 0.321 e. The molecule has 2 aromatic carbocycles. The highest BCUT2D eigenvalue weighted by atomic mass is 16.5. The van der Waals surface area contributed by atoms with E-state index in [0.717, 1.165) is 22.5 Å². The molecular weight excluding hydrogens is 420 g/mol. The Morgan fingerprint density at radius 2 is 2.06 bits per heavy atom. The molecule has 8 heteroatoms. The largest absolute Gasteiger partial charge is 0.491 e. The molecule has 8 nitrogen and oxygen atoms in total. The summed E-state index contributed by atoms with van der Waals surface area (Å²) in [5.74, 6) is 1.25. The van der Waals surface area contributed by atoms with E-state index < -0.39 is 0 Å². The molecule has 174 valence electrons. The quantitative estimate of drug-likeness (QED) is 0.457. The minimum Gasteiger partial charge on any atom is -0.491 e. The van der Waals surface area contributed by atoms with E-state index in [0.29, 0.717) is 44.0 Å². The fourth-order valence-electron chi connectivity index (χ4n) is 3.74. The Hall–Kier alpha value is -3.52. The zero-order valence-electron chi connectivity index (χ0n) is 19.5. The molecule has 1 N–H and O–H groups in total. The van der Waals surface area contributed by atoms with E-state index in [1.54, 1.807) is 11.1 Å². The minimum absolute atomic E-state index is 0.00599. The number of rotatable bonds is 9. The van der Waals surface area contributed by atoms with Crippen LogP contribution in [0.25, 0.3) is 11.3 Å². The van der Waals surface area contributed by atoms with Crippen molar-refractivity contribution < 1.29 is 18.7 Å². The van der Waals surface area contributed by atoms with E-state index in [2.05, 4.69) is 10.3 Å². The molecule has 1 aromatic heterocycles. The van der Waals surface area contributed by atoms with Crippen molar-refractivity contribution in [2.75, 3.05) is 36.2 Å². The van der Waals surface area contributed by atoms with Crippen LogP contribution in [0.2, 0.25) is 0 Å². The highest BCUT2D eigenvalue weighted by Gasteiger charge is 2.24. The predicted molar refractivity (Wildman–Crippen MR) is 128 cm³/mol. The molecule has 33 heavy (non-hydrogen) atoms. The molecule has 4 rings (SSSR count). The second-order valence-electron chi connectivity index (χ2n) is 8.11. The van der Waals surface area contributed by atoms with Crippen LogP contribution in [0.4, 0.5) is 22.2 Å². The fraction of sp³-hybridized carbons (Fsp3) is 0.360. The molecule has 0 bridgehead atoms. The van der Waals surface area contributed by atoms with Crippen molar-refractivity contribution in [2.24, 2.45) is 0 Å². The third-order valence-corrected chi connectivity index (χ3v) is 5.27. The van der Waals surface area contributed by atoms with Crippen LogP contribution in [0.1, 0.15) is 26.3 Å². The van der Waals surface area contributed by atoms with Gasteiger partial charge in [0, 0.05) is 37.0 Å². The first kappa shape index (κ1) is 22.7. The van der Waals surface area contributed by atoms with Gasteiger partial charge < -0.3 is 19.2 Å². The van der Waals surface area contributed by atoms with Crippen molar-refractivity contribution in [3.63, 3.8) is 0 Å². The normalized spacial score (nSPS) is 13.5. The molecule has 1 aliphatic heterocycles. The van der Waals surface area contributed by atoms with Crippen LogP contribution in [0.5, 0.6) is 5.75 Å². The maximum absolute atomic E-state index is 12.3. The zero-order valence-corrected chi connectivity index (χ0v) is 19.5. The number of para-hydroxylation sites is 1. The van der Waals surface area contributed by atoms with Gasteiger partial charge in [-0.2, -0.15) is 0 Å². The second-order valence-corrected chi connectivity index (χ2v) is 8.11. The van der Waals surface area contributed by atoms with Gasteiger partial charge in [0.15, 0.2) is 5.76 Å². The third-order valence-electron chi connectivity index (χ3n) is 5.27. The Balaban J connectivity index is 1.71. The SMILES string of the molecule is CCOCN(c1ncc(-c2cc(OC(C)C)cc(N3CCNC3=O)c2)o1)c1ccccc1C. The van der Waals surface area contributed by atoms with Gasteiger partial charge in [-0.3, -0.25) is 9.80 Å². The Kier molecular flexibility index (Phi) is 6.84. The fourth-order valence-corrected chi connectivity index (χ4v) is 3.74. The Morgan fingerprint density at radius 3 is 2.76 bits per heavy atom. The van der Waals surface area contributed by atoms with Gasteiger partial charge in [-0.05, 0) is 51.5 Å². The summed E-state index contributed by atoms with van der Waals surface area (Å²) in [4.78, 5) is 20.4. The molecule has 3 aromatic rings. The first-order chi connectivity index (χ1) is 16.0. The molecule has 0 saturated carbocycles. The summed E-state index contributed by atoms with van der Waals surface area (Å²) in [6.45, 7) is 10.0. The number of aryl methyl sites for hydroxylation is 1. The average Bonchev–Trinajstić information content (AvgIpc) is 3.44. The van der Waals surface area contributed by atoms with Crippen molar-refractivity contribution in [2.45, 2.75) is 33.8 Å². The average molecular weight is 451 g/mol. The van der Waals surface area contributed by atoms with Gasteiger partial charge in [0.05, 0.1) is 18.0 Å². The predicted octanol–water partition coefficient (Wildman–Crippen LogP) is 5.10. The van der Waals surface area contributed by atoms with E-state index in [9.17, 15) is 4.79 Å². The van der Waals surface area contributed by atoms with Gasteiger partial charge in [-0.25, -0.2) is 9.78 Å². The maximum Gasteiger partial charge on any atom is 0.321 e. The number of nitrogens with one attached hydrogen (secondary N) is 1. The molecule has 0 unspecified atom stereocenters. The molecule has 1 saturated heterocycles. The number of nitrogens with zero attached hydrogens (tertiary/aromatic N) is 3. The second kappa shape index (κ2) is 9.95. The molecule has 1 aliphatic rings. The lowest BCUT2D eigenvalue weighted by Gasteiger charge is -2.22. The van der Waals surface area contributed by atoms with Gasteiger partial charge in [0.25, 0.3) is 0 Å². The Morgan fingerprint density at radius 1 is 1.24 bits per heavy atom. The van der Waals surface area contributed by atoms with Crippen molar-refractivity contribution in [1.82, 2.24) is 10.3 Å². The topological polar surface area (TPSA) is 80.1 Å². The van der Waals surface area contributed by atoms with Gasteiger partial charge in [0.1, 0.15) is 12.5 Å². The minimum atomic E-state index is -0.122. The summed E-state index contributed by atoms with van der Waals surface area (Å²) in [6.07, 6.45) is 1.68. The van der Waals surface area contributed by atoms with Crippen LogP contribution < -0.4 is 19.9 Å². The Labute approximate surface area is 194 Å². The maximum atomic E-state index is 12.3. The number of carbonyl (C=O) groups excluding carboxylic acids is 1. The van der Waals surface area contributed by atoms with Gasteiger partial charge in [-0.15, -0.1) is 0 Å². The molecule has 2 amide bonds. The summed E-state index contributed by atoms with van der Waals surface area (Å²) in [5.41, 5.74) is 3.58. The third kappa shape index (κ3) is 5.12. The highest BCUT2D eigenvalue weighted by Crippen LogP contribution is 2.35. The lowest BCUT2D eigenvalue weighted by Crippen LogP contribution is -2.27. The van der Waals surface area contributed by atoms with Crippen molar-refractivity contribution in [1.29, 1.82) is 0 Å². The van der Waals surface area contributed by atoms with E-state index in [-0.39, 0.29) is 12.1 Å². The first-order valence-corrected chi connectivity index (χ1v) is 11.2. The summed E-state index contributed by atoms with van der Waals surface area (Å²) in [5, 5.41) is 2.84. The molecule has 0 aliphatic carbocycles. The van der Waals surface area contributed by atoms with Crippen LogP contribution in [0.15, 0.2) is 53.1 Å². The van der Waals surface area contributed by atoms with Crippen LogP contribution >= 0.6 is 0 Å². The number of urea groups is 1. The van der Waals surface area contributed by atoms with Crippen molar-refractivity contribution in [3.8, 4) is 17.1 Å². The molecule has 2 heterocycles. The number of oxazole rings is 1. The van der Waals surface area contributed by atoms with Crippen LogP contribution in [0, 0.1) is 6.92 Å². The standard InChI is InChI=1S/C25H30N4O4/c1-5-31-16-29(22-9-7-6-8-18(22)4)25-27-15-23(33-25)19-12-20(28-11-10-26-24(28)30)14-21(13-19)32-17(2)3/h6-9,12-15,17H,5,10-11,16H2,1-4H3,(H,26,30). The van der Waals surface area contributed by atoms with E-state index in [1.807, 2.05) is 75.1 Å². The number of benzene rings is 2. The monoisotopic (exact) mass is 450 g/mol. The molecular formula is C25H30N4O4. The molecule has 0 spiro atoms. The summed E-state index contributed by atoms with van der Waals surface area (Å²) in [6, 6.07) is 14.0. The summed E-state index contributed by atoms with van der Waals surface area (Å²) >= 11 is 0. The van der Waals surface area contributed by atoms with E-state index in [1.165, 1.54) is 0 Å². The van der Waals surface area contributed by atoms with Gasteiger partial charge >= 0.3 is 12.0 Å². The number of amides is 2. The van der Waals surface area contributed by atoms with Crippen LogP contribution in [0.3, 0.4) is 0 Å². The van der Waals surface area contributed by atoms with Crippen LogP contribution in [-0.2, 0) is 4.74 Å². The first-order valence-electron chi connectivity index (χ1n) is 11.2. The van der Waals surface area contributed by atoms with Gasteiger partial charge in [-0.1, -0.05) is 18.2 Å². The lowest BCUT2D eigenvalue weighted by molar-refractivity contribution is 0.151. The highest BCUT2D eigenvalue weighted by molar-refractivity contribution is 5.95. The summed E-state index contributed by atoms with van der Waals surface area (Å²) < 4.78 is 17.8. The number of hydrogen-bond donors (Lipinski definition) is 1. The number of ether oxygens (including phenoxy) is 2. The summed E-state index contributed by atoms with van der Waals surface area (Å²) in [7, 11) is 0. The van der Waals surface area contributed by atoms with Gasteiger partial charge in [0.2, 0.25) is 0 Å². The van der Waals surface area contributed by atoms with Crippen molar-refractivity contribution in [3.05, 3.63) is 54.2 Å². The number of aromatic nitrogens is 1. The number of hydrogen-bond acceptors (Lipinski definition) is 6. The number of carbonyl (C=O) groups is 1. The van der Waals surface area contributed by atoms with Crippen LogP contribution in [-0.4, -0.2) is 43.5 Å². The van der Waals surface area contributed by atoms with E-state index in [4.69, 9.17) is 13.9 Å². The van der Waals surface area contributed by atoms with E-state index >= 15 is 0 Å². The molecule has 0 atom stereocenters. The molecule has 1 fully saturated rings. The zero-order chi connectivity index (χ0) is 23.4. The molecule has 0 radical (unpaired) electrons.